The molecule has 1 saturated carbocycles. The number of nitrogens with two attached hydrogens (primary N) is 1. The molecule has 3 aromatic rings. The Balaban J connectivity index is 0.00000160. The molecule has 4 nitrogen and oxygen atoms in total. The van der Waals surface area contributed by atoms with Crippen LogP contribution in [0.15, 0.2) is 42.5 Å². The van der Waals surface area contributed by atoms with Crippen molar-refractivity contribution in [1.82, 2.24) is 9.97 Å². The summed E-state index contributed by atoms with van der Waals surface area (Å²) in [6, 6.07) is 14.6. The lowest BCUT2D eigenvalue weighted by Gasteiger charge is -2.28. The van der Waals surface area contributed by atoms with E-state index in [-0.39, 0.29) is 30.9 Å². The molecule has 1 aliphatic carbocycles. The van der Waals surface area contributed by atoms with Gasteiger partial charge >= 0.3 is 0 Å². The first-order chi connectivity index (χ1) is 13.6. The Morgan fingerprint density at radius 3 is 2.53 bits per heavy atom. The Morgan fingerprint density at radius 1 is 1.03 bits per heavy atom. The predicted octanol–water partition coefficient (Wildman–Crippen LogP) is 6.29. The van der Waals surface area contributed by atoms with Crippen molar-refractivity contribution >= 4 is 65.3 Å². The van der Waals surface area contributed by atoms with Crippen molar-refractivity contribution < 1.29 is 0 Å². The van der Waals surface area contributed by atoms with Gasteiger partial charge in [0.05, 0.1) is 5.52 Å². The van der Waals surface area contributed by atoms with Crippen LogP contribution in [0.2, 0.25) is 5.02 Å². The minimum atomic E-state index is 0. The lowest BCUT2D eigenvalue weighted by Crippen LogP contribution is -2.35. The number of benzene rings is 2. The van der Waals surface area contributed by atoms with E-state index in [0.29, 0.717) is 11.9 Å². The molecule has 1 fully saturated rings. The number of nitrogens with one attached hydrogen (secondary N) is 1. The van der Waals surface area contributed by atoms with E-state index in [0.717, 1.165) is 53.0 Å². The molecule has 0 spiro atoms. The summed E-state index contributed by atoms with van der Waals surface area (Å²) in [5.41, 5.74) is 9.38. The summed E-state index contributed by atoms with van der Waals surface area (Å²) in [7, 11) is 0. The lowest BCUT2D eigenvalue weighted by molar-refractivity contribution is 0.409. The van der Waals surface area contributed by atoms with Gasteiger partial charge in [-0.3, -0.25) is 0 Å². The van der Waals surface area contributed by atoms with Gasteiger partial charge in [-0.05, 0) is 68.5 Å². The van der Waals surface area contributed by atoms with Crippen LogP contribution in [0, 0.1) is 6.92 Å². The van der Waals surface area contributed by atoms with Crippen LogP contribution >= 0.6 is 36.4 Å². The van der Waals surface area contributed by atoms with Gasteiger partial charge in [-0.15, -0.1) is 24.8 Å². The van der Waals surface area contributed by atoms with Crippen LogP contribution in [-0.4, -0.2) is 22.1 Å². The van der Waals surface area contributed by atoms with E-state index >= 15 is 0 Å². The SMILES string of the molecule is Cc1ccc2nc(C=Cc3ccc(Cl)cc3)nc(N[C@H]3CCC[C@H](N)C3)c2c1.Cl.Cl. The zero-order chi connectivity index (χ0) is 19.5. The molecule has 1 aromatic heterocycles. The van der Waals surface area contributed by atoms with Crippen molar-refractivity contribution in [3.05, 3.63) is 64.4 Å². The van der Waals surface area contributed by atoms with Gasteiger partial charge in [0.2, 0.25) is 0 Å². The van der Waals surface area contributed by atoms with Crippen molar-refractivity contribution in [2.24, 2.45) is 5.73 Å². The Labute approximate surface area is 195 Å². The normalized spacial score (nSPS) is 18.6. The van der Waals surface area contributed by atoms with Crippen molar-refractivity contribution in [3.8, 4) is 0 Å². The Bertz CT molecular complexity index is 1010. The Hall–Kier alpha value is -1.85. The summed E-state index contributed by atoms with van der Waals surface area (Å²) in [5, 5.41) is 5.43. The number of hydrogen-bond acceptors (Lipinski definition) is 4. The van der Waals surface area contributed by atoms with E-state index < -0.39 is 0 Å². The molecule has 30 heavy (non-hydrogen) atoms. The molecule has 1 aliphatic rings. The summed E-state index contributed by atoms with van der Waals surface area (Å²) < 4.78 is 0. The van der Waals surface area contributed by atoms with Crippen LogP contribution in [0.4, 0.5) is 5.82 Å². The van der Waals surface area contributed by atoms with Crippen molar-refractivity contribution in [2.45, 2.75) is 44.7 Å². The van der Waals surface area contributed by atoms with E-state index in [1.807, 2.05) is 36.4 Å². The third kappa shape index (κ3) is 6.08. The third-order valence-electron chi connectivity index (χ3n) is 5.22. The molecule has 0 bridgehead atoms. The highest BCUT2D eigenvalue weighted by molar-refractivity contribution is 6.30. The zero-order valence-electron chi connectivity index (χ0n) is 16.8. The fourth-order valence-corrected chi connectivity index (χ4v) is 3.87. The summed E-state index contributed by atoms with van der Waals surface area (Å²) in [6.45, 7) is 2.09. The molecule has 2 atom stereocenters. The number of aryl methyl sites for hydroxylation is 1. The standard InChI is InChI=1S/C23H25ClN4.2ClH/c1-15-5-11-21-20(13-15)23(26-19-4-2-3-18(25)14-19)28-22(27-21)12-8-16-6-9-17(24)10-7-16;;/h5-13,18-19H,2-4,14,25H2,1H3,(H,26,27,28);2*1H/t18-,19-;;/m0../s1. The number of halogens is 3. The maximum atomic E-state index is 6.17. The summed E-state index contributed by atoms with van der Waals surface area (Å²) in [5.74, 6) is 1.58. The number of rotatable bonds is 4. The Morgan fingerprint density at radius 2 is 1.80 bits per heavy atom. The molecule has 0 aliphatic heterocycles. The molecule has 3 N–H and O–H groups in total. The molecule has 0 amide bonds. The first kappa shape index (κ1) is 24.4. The van der Waals surface area contributed by atoms with Crippen LogP contribution in [0.25, 0.3) is 23.1 Å². The fraction of sp³-hybridized carbons (Fsp3) is 0.304. The van der Waals surface area contributed by atoms with E-state index in [1.54, 1.807) is 0 Å². The van der Waals surface area contributed by atoms with Gasteiger partial charge in [0.25, 0.3) is 0 Å². The van der Waals surface area contributed by atoms with Gasteiger partial charge < -0.3 is 11.1 Å². The van der Waals surface area contributed by atoms with E-state index in [4.69, 9.17) is 27.3 Å². The number of anilines is 1. The molecular weight excluding hydrogens is 439 g/mol. The minimum Gasteiger partial charge on any atom is -0.367 e. The molecule has 2 aromatic carbocycles. The zero-order valence-corrected chi connectivity index (χ0v) is 19.2. The van der Waals surface area contributed by atoms with Gasteiger partial charge in [-0.1, -0.05) is 41.4 Å². The van der Waals surface area contributed by atoms with E-state index in [9.17, 15) is 0 Å². The van der Waals surface area contributed by atoms with Crippen LogP contribution in [-0.2, 0) is 0 Å². The quantitative estimate of drug-likeness (QED) is 0.475. The number of nitrogens with zero attached hydrogens (tertiary/aromatic N) is 2. The van der Waals surface area contributed by atoms with Gasteiger partial charge in [-0.25, -0.2) is 9.97 Å². The maximum absolute atomic E-state index is 6.17. The number of aromatic nitrogens is 2. The monoisotopic (exact) mass is 464 g/mol. The predicted molar refractivity (Wildman–Crippen MR) is 133 cm³/mol. The highest BCUT2D eigenvalue weighted by Crippen LogP contribution is 2.26. The topological polar surface area (TPSA) is 63.8 Å². The van der Waals surface area contributed by atoms with Gasteiger partial charge in [0.15, 0.2) is 5.82 Å². The van der Waals surface area contributed by atoms with Gasteiger partial charge in [-0.2, -0.15) is 0 Å². The van der Waals surface area contributed by atoms with E-state index in [2.05, 4.69) is 30.4 Å². The molecule has 1 heterocycles. The second-order valence-corrected chi connectivity index (χ2v) is 8.04. The van der Waals surface area contributed by atoms with Crippen molar-refractivity contribution in [3.63, 3.8) is 0 Å². The smallest absolute Gasteiger partial charge is 0.154 e. The second kappa shape index (κ2) is 11.0. The highest BCUT2D eigenvalue weighted by Gasteiger charge is 2.20. The molecule has 4 rings (SSSR count). The molecule has 0 unspecified atom stereocenters. The van der Waals surface area contributed by atoms with Crippen LogP contribution in [0.1, 0.15) is 42.6 Å². The molecular formula is C23H27Cl3N4. The number of fused-ring (bicyclic) bond motifs is 1. The average molecular weight is 466 g/mol. The first-order valence-electron chi connectivity index (χ1n) is 9.81. The van der Waals surface area contributed by atoms with E-state index in [1.165, 1.54) is 5.56 Å². The van der Waals surface area contributed by atoms with Crippen LogP contribution < -0.4 is 11.1 Å². The van der Waals surface area contributed by atoms with Gasteiger partial charge in [0, 0.05) is 22.5 Å². The first-order valence-corrected chi connectivity index (χ1v) is 10.2. The highest BCUT2D eigenvalue weighted by atomic mass is 35.5. The average Bonchev–Trinajstić information content (AvgIpc) is 2.68. The second-order valence-electron chi connectivity index (χ2n) is 7.60. The van der Waals surface area contributed by atoms with Crippen molar-refractivity contribution in [2.75, 3.05) is 5.32 Å². The third-order valence-corrected chi connectivity index (χ3v) is 5.47. The molecule has 7 heteroatoms. The van der Waals surface area contributed by atoms with Crippen molar-refractivity contribution in [1.29, 1.82) is 0 Å². The Kier molecular flexibility index (Phi) is 8.92. The largest absolute Gasteiger partial charge is 0.367 e. The number of hydrogen-bond donors (Lipinski definition) is 2. The summed E-state index contributed by atoms with van der Waals surface area (Å²) in [6.07, 6.45) is 8.32. The molecule has 0 saturated heterocycles. The molecule has 0 radical (unpaired) electrons. The summed E-state index contributed by atoms with van der Waals surface area (Å²) >= 11 is 5.96. The van der Waals surface area contributed by atoms with Crippen LogP contribution in [0.3, 0.4) is 0 Å². The summed E-state index contributed by atoms with van der Waals surface area (Å²) in [4.78, 5) is 9.55. The van der Waals surface area contributed by atoms with Gasteiger partial charge in [0.1, 0.15) is 5.82 Å². The fourth-order valence-electron chi connectivity index (χ4n) is 3.74. The maximum Gasteiger partial charge on any atom is 0.154 e. The minimum absolute atomic E-state index is 0. The molecule has 160 valence electrons. The lowest BCUT2D eigenvalue weighted by atomic mass is 9.91. The van der Waals surface area contributed by atoms with Crippen LogP contribution in [0.5, 0.6) is 0 Å².